The first-order valence-electron chi connectivity index (χ1n) is 2.78. The summed E-state index contributed by atoms with van der Waals surface area (Å²) in [6.07, 6.45) is 5.41. The molecule has 0 amide bonds. The minimum absolute atomic E-state index is 0.166. The van der Waals surface area contributed by atoms with Crippen LogP contribution >= 0.6 is 0 Å². The number of hydrogen-bond donors (Lipinski definition) is 1. The molecule has 12 heavy (non-hydrogen) atoms. The van der Waals surface area contributed by atoms with E-state index in [4.69, 9.17) is 18.6 Å². The van der Waals surface area contributed by atoms with Gasteiger partial charge >= 0.3 is 0 Å². The second-order valence-corrected chi connectivity index (χ2v) is 2.51. The second-order valence-electron chi connectivity index (χ2n) is 1.75. The molecule has 0 aromatic heterocycles. The highest BCUT2D eigenvalue weighted by molar-refractivity contribution is 5.98. The van der Waals surface area contributed by atoms with Gasteiger partial charge in [-0.25, -0.2) is 23.6 Å². The molecule has 0 bridgehead atoms. The minimum Gasteiger partial charge on any atom is -0.294 e. The van der Waals surface area contributed by atoms with Crippen molar-refractivity contribution < 1.29 is 38.7 Å². The number of allylic oxidation sites excluding steroid dienone is 1. The minimum atomic E-state index is -4.94. The summed E-state index contributed by atoms with van der Waals surface area (Å²) in [4.78, 5) is 13.1. The molecule has 0 unspecified atom stereocenters. The van der Waals surface area contributed by atoms with Crippen LogP contribution in [-0.4, -0.2) is 12.0 Å². The van der Waals surface area contributed by atoms with Crippen molar-refractivity contribution >= 4 is 12.0 Å². The van der Waals surface area contributed by atoms with Crippen LogP contribution in [0.3, 0.4) is 0 Å². The maximum atomic E-state index is 10.3. The second kappa shape index (κ2) is 4.96. The van der Waals surface area contributed by atoms with Crippen molar-refractivity contribution in [2.75, 3.05) is 0 Å². The van der Waals surface area contributed by atoms with Crippen LogP contribution in [0.1, 0.15) is 6.42 Å². The van der Waals surface area contributed by atoms with Gasteiger partial charge in [0.25, 0.3) is 0 Å². The maximum Gasteiger partial charge on any atom is 0.171 e. The number of rotatable bonds is 0. The van der Waals surface area contributed by atoms with E-state index in [2.05, 4.69) is 4.99 Å². The molecule has 1 rings (SSSR count). The SMILES string of the molecule is O=C1C=C[NH+]=CC1.[O-][Cl+3]([O-])([O-])[O-]. The Labute approximate surface area is 70.2 Å². The first kappa shape index (κ1) is 11.2. The van der Waals surface area contributed by atoms with E-state index >= 15 is 0 Å². The van der Waals surface area contributed by atoms with Crippen molar-refractivity contribution in [3.8, 4) is 0 Å². The van der Waals surface area contributed by atoms with Gasteiger partial charge in [0.1, 0.15) is 0 Å². The van der Waals surface area contributed by atoms with Gasteiger partial charge in [-0.2, -0.15) is 0 Å². The lowest BCUT2D eigenvalue weighted by atomic mass is 10.3. The lowest BCUT2D eigenvalue weighted by Crippen LogP contribution is -2.68. The summed E-state index contributed by atoms with van der Waals surface area (Å²) in [6.45, 7) is 0. The van der Waals surface area contributed by atoms with E-state index in [0.29, 0.717) is 6.42 Å². The molecular weight excluding hydrogens is 190 g/mol. The summed E-state index contributed by atoms with van der Waals surface area (Å²) in [5.41, 5.74) is 0. The van der Waals surface area contributed by atoms with E-state index in [1.54, 1.807) is 12.4 Å². The molecule has 1 aliphatic heterocycles. The van der Waals surface area contributed by atoms with E-state index < -0.39 is 10.2 Å². The summed E-state index contributed by atoms with van der Waals surface area (Å²) < 4.78 is 34.0. The Morgan fingerprint density at radius 3 is 2.00 bits per heavy atom. The van der Waals surface area contributed by atoms with Crippen molar-refractivity contribution in [2.24, 2.45) is 0 Å². The van der Waals surface area contributed by atoms with Crippen molar-refractivity contribution in [2.45, 2.75) is 6.42 Å². The van der Waals surface area contributed by atoms with Crippen molar-refractivity contribution in [1.82, 2.24) is 0 Å². The van der Waals surface area contributed by atoms with Gasteiger partial charge in [-0.05, 0) is 0 Å². The first-order chi connectivity index (χ1) is 5.39. The average Bonchev–Trinajstić information content (AvgIpc) is 1.85. The zero-order chi connectivity index (χ0) is 9.61. The van der Waals surface area contributed by atoms with Crippen LogP contribution < -0.4 is 23.6 Å². The van der Waals surface area contributed by atoms with Gasteiger partial charge in [-0.3, -0.25) is 4.79 Å². The molecule has 0 radical (unpaired) electrons. The molecule has 0 atom stereocenters. The topological polar surface area (TPSA) is 123 Å². The van der Waals surface area contributed by atoms with Gasteiger partial charge in [0.2, 0.25) is 0 Å². The summed E-state index contributed by atoms with van der Waals surface area (Å²) in [5, 5.41) is 0. The molecule has 0 fully saturated rings. The van der Waals surface area contributed by atoms with Gasteiger partial charge in [0.05, 0.1) is 6.42 Å². The highest BCUT2D eigenvalue weighted by Crippen LogP contribution is 1.78. The van der Waals surface area contributed by atoms with Crippen LogP contribution in [0, 0.1) is 10.2 Å². The third-order valence-corrected chi connectivity index (χ3v) is 0.787. The largest absolute Gasteiger partial charge is 0.294 e. The number of halogens is 1. The number of carbonyl (C=O) groups is 1. The van der Waals surface area contributed by atoms with Crippen LogP contribution in [0.5, 0.6) is 0 Å². The number of ketones is 1. The highest BCUT2D eigenvalue weighted by atomic mass is 35.7. The number of hydrogen-bond acceptors (Lipinski definition) is 5. The maximum absolute atomic E-state index is 10.3. The molecule has 0 aromatic carbocycles. The normalized spacial score (nSPS) is 15.5. The van der Waals surface area contributed by atoms with Crippen LogP contribution in [0.4, 0.5) is 0 Å². The lowest BCUT2D eigenvalue weighted by molar-refractivity contribution is -2.00. The Bertz CT molecular complexity index is 200. The molecule has 1 N–H and O–H groups in total. The van der Waals surface area contributed by atoms with E-state index in [-0.39, 0.29) is 5.78 Å². The Balaban J connectivity index is 0.000000217. The molecule has 0 saturated heterocycles. The fraction of sp³-hybridized carbons (Fsp3) is 0.200. The summed E-state index contributed by atoms with van der Waals surface area (Å²) in [7, 11) is -4.94. The molecule has 7 heteroatoms. The van der Waals surface area contributed by atoms with Crippen molar-refractivity contribution in [1.29, 1.82) is 0 Å². The van der Waals surface area contributed by atoms with Crippen LogP contribution in [-0.2, 0) is 4.79 Å². The standard InChI is InChI=1S/C5H5NO.ClHO4/c7-5-1-3-6-4-2-5;2-1(3,4)5/h1,3-4H,2H2;(H,2,3,4,5). The van der Waals surface area contributed by atoms with Gasteiger partial charge in [0, 0.05) is 6.08 Å². The molecule has 0 spiro atoms. The lowest BCUT2D eigenvalue weighted by Gasteiger charge is -2.17. The number of carbonyl (C=O) groups excluding carboxylic acids is 1. The summed E-state index contributed by atoms with van der Waals surface area (Å²) >= 11 is 0. The molecule has 1 aliphatic rings. The van der Waals surface area contributed by atoms with Crippen LogP contribution in [0.15, 0.2) is 12.3 Å². The molecule has 1 heterocycles. The first-order valence-corrected chi connectivity index (χ1v) is 4.02. The summed E-state index contributed by atoms with van der Waals surface area (Å²) in [5.74, 6) is 0.166. The summed E-state index contributed by atoms with van der Waals surface area (Å²) in [6, 6.07) is 0. The molecule has 68 valence electrons. The third kappa shape index (κ3) is 11.9. The zero-order valence-electron chi connectivity index (χ0n) is 5.86. The Morgan fingerprint density at radius 2 is 1.83 bits per heavy atom. The third-order valence-electron chi connectivity index (χ3n) is 0.787. The quantitative estimate of drug-likeness (QED) is 0.412. The van der Waals surface area contributed by atoms with E-state index in [9.17, 15) is 4.79 Å². The molecule has 0 aromatic rings. The van der Waals surface area contributed by atoms with Gasteiger partial charge in [0.15, 0.2) is 18.2 Å². The van der Waals surface area contributed by atoms with Gasteiger partial charge in [-0.1, -0.05) is 0 Å². The van der Waals surface area contributed by atoms with E-state index in [1.807, 2.05) is 0 Å². The van der Waals surface area contributed by atoms with Gasteiger partial charge < -0.3 is 0 Å². The van der Waals surface area contributed by atoms with E-state index in [0.717, 1.165) is 0 Å². The Kier molecular flexibility index (Phi) is 4.64. The van der Waals surface area contributed by atoms with Crippen LogP contribution in [0.2, 0.25) is 0 Å². The smallest absolute Gasteiger partial charge is 0.171 e. The van der Waals surface area contributed by atoms with Gasteiger partial charge in [-0.15, -0.1) is 10.2 Å². The Morgan fingerprint density at radius 1 is 1.33 bits per heavy atom. The fourth-order valence-electron chi connectivity index (χ4n) is 0.437. The predicted molar refractivity (Wildman–Crippen MR) is 25.8 cm³/mol. The molecule has 0 aliphatic carbocycles. The highest BCUT2D eigenvalue weighted by Gasteiger charge is 1.98. The predicted octanol–water partition coefficient (Wildman–Crippen LogP) is -6.13. The number of nitrogens with one attached hydrogen (secondary N) is 1. The van der Waals surface area contributed by atoms with Crippen molar-refractivity contribution in [3.05, 3.63) is 12.3 Å². The Hall–Kier alpha value is -0.790. The van der Waals surface area contributed by atoms with E-state index in [1.165, 1.54) is 6.08 Å². The molecule has 6 nitrogen and oxygen atoms in total. The fourth-order valence-corrected chi connectivity index (χ4v) is 0.437. The molecule has 0 saturated carbocycles. The zero-order valence-corrected chi connectivity index (χ0v) is 6.61. The van der Waals surface area contributed by atoms with Crippen molar-refractivity contribution in [3.63, 3.8) is 0 Å². The monoisotopic (exact) mass is 195 g/mol. The molecular formula is C5H6ClNO5. The van der Waals surface area contributed by atoms with Crippen LogP contribution in [0.25, 0.3) is 0 Å². The average molecular weight is 196 g/mol.